The van der Waals surface area contributed by atoms with Crippen molar-refractivity contribution in [2.24, 2.45) is 5.11 Å². The van der Waals surface area contributed by atoms with Gasteiger partial charge in [0.25, 0.3) is 0 Å². The van der Waals surface area contributed by atoms with E-state index in [2.05, 4.69) is 19.3 Å². The summed E-state index contributed by atoms with van der Waals surface area (Å²) in [5.74, 6) is 0. The Bertz CT molecular complexity index is 581. The van der Waals surface area contributed by atoms with Crippen LogP contribution in [0.3, 0.4) is 0 Å². The summed E-state index contributed by atoms with van der Waals surface area (Å²) < 4.78 is 27.5. The van der Waals surface area contributed by atoms with Gasteiger partial charge in [0.1, 0.15) is 18.2 Å². The highest BCUT2D eigenvalue weighted by atomic mass is 31.0. The van der Waals surface area contributed by atoms with Gasteiger partial charge in [-0.25, -0.2) is 4.79 Å². The van der Waals surface area contributed by atoms with Crippen molar-refractivity contribution < 1.29 is 33.6 Å². The van der Waals surface area contributed by atoms with Gasteiger partial charge < -0.3 is 33.7 Å². The molecule has 1 amide bonds. The van der Waals surface area contributed by atoms with E-state index in [9.17, 15) is 9.90 Å². The molecule has 11 nitrogen and oxygen atoms in total. The molecule has 2 aliphatic heterocycles. The van der Waals surface area contributed by atoms with Crippen LogP contribution >= 0.6 is 9.24 Å². The Morgan fingerprint density at radius 1 is 1.30 bits per heavy atom. The molecule has 0 spiro atoms. The highest BCUT2D eigenvalue weighted by molar-refractivity contribution is 7.16. The first-order valence-corrected chi connectivity index (χ1v) is 11.1. The van der Waals surface area contributed by atoms with Crippen LogP contribution in [0.1, 0.15) is 39.5 Å². The van der Waals surface area contributed by atoms with E-state index in [0.717, 1.165) is 25.7 Å². The molecule has 0 aliphatic carbocycles. The number of hydrogen-bond acceptors (Lipinski definition) is 8. The maximum absolute atomic E-state index is 11.7. The topological polar surface area (TPSA) is 135 Å². The summed E-state index contributed by atoms with van der Waals surface area (Å²) in [7, 11) is 2.38. The Morgan fingerprint density at radius 3 is 2.77 bits per heavy atom. The fraction of sp³-hybridized carbons (Fsp3) is 0.944. The summed E-state index contributed by atoms with van der Waals surface area (Å²) in [5.41, 5.74) is 8.84. The molecule has 0 radical (unpaired) electrons. The molecule has 1 N–H and O–H groups in total. The van der Waals surface area contributed by atoms with Crippen molar-refractivity contribution in [1.82, 2.24) is 4.90 Å². The molecule has 0 aromatic carbocycles. The Kier molecular flexibility index (Phi) is 11.1. The van der Waals surface area contributed by atoms with Gasteiger partial charge in [-0.3, -0.25) is 0 Å². The van der Waals surface area contributed by atoms with Crippen molar-refractivity contribution in [2.75, 3.05) is 32.9 Å². The van der Waals surface area contributed by atoms with Crippen molar-refractivity contribution in [3.8, 4) is 0 Å². The summed E-state index contributed by atoms with van der Waals surface area (Å²) in [6.45, 7) is 6.03. The second-order valence-electron chi connectivity index (χ2n) is 7.10. The lowest BCUT2D eigenvalue weighted by atomic mass is 9.97. The van der Waals surface area contributed by atoms with Crippen molar-refractivity contribution in [1.29, 1.82) is 0 Å². The molecule has 2 aliphatic rings. The highest BCUT2D eigenvalue weighted by Crippen LogP contribution is 2.32. The summed E-state index contributed by atoms with van der Waals surface area (Å²) in [5, 5.41) is 14.2. The molecule has 0 aromatic heterocycles. The van der Waals surface area contributed by atoms with Gasteiger partial charge in [-0.1, -0.05) is 27.2 Å². The zero-order chi connectivity index (χ0) is 21.9. The number of unbranched alkanes of at least 4 members (excludes halogenated alkanes) is 3. The van der Waals surface area contributed by atoms with Gasteiger partial charge in [-0.05, 0) is 32.2 Å². The van der Waals surface area contributed by atoms with Gasteiger partial charge in [0.2, 0.25) is 0 Å². The van der Waals surface area contributed by atoms with Crippen LogP contribution in [0.2, 0.25) is 0 Å². The molecule has 0 bridgehead atoms. The molecule has 30 heavy (non-hydrogen) atoms. The fourth-order valence-corrected chi connectivity index (χ4v) is 3.76. The third-order valence-corrected chi connectivity index (χ3v) is 5.40. The van der Waals surface area contributed by atoms with Crippen molar-refractivity contribution in [2.45, 2.75) is 76.2 Å². The quantitative estimate of drug-likeness (QED) is 0.168. The molecule has 172 valence electrons. The molecule has 0 aromatic rings. The van der Waals surface area contributed by atoms with Crippen molar-refractivity contribution in [3.05, 3.63) is 10.4 Å². The Hall–Kier alpha value is -1.19. The lowest BCUT2D eigenvalue weighted by Crippen LogP contribution is -2.62. The van der Waals surface area contributed by atoms with E-state index in [4.69, 9.17) is 29.2 Å². The molecule has 6 unspecified atom stereocenters. The van der Waals surface area contributed by atoms with Gasteiger partial charge in [0, 0.05) is 24.6 Å². The first-order chi connectivity index (χ1) is 14.5. The van der Waals surface area contributed by atoms with E-state index < -0.39 is 36.7 Å². The van der Waals surface area contributed by atoms with Crippen LogP contribution < -0.4 is 0 Å². The molecular formula is C18H33N4O7P. The van der Waals surface area contributed by atoms with Gasteiger partial charge in [-0.2, -0.15) is 0 Å². The van der Waals surface area contributed by atoms with E-state index >= 15 is 0 Å². The smallest absolute Gasteiger partial charge is 0.409 e. The van der Waals surface area contributed by atoms with Gasteiger partial charge >= 0.3 is 6.09 Å². The Balaban J connectivity index is 1.70. The van der Waals surface area contributed by atoms with Crippen molar-refractivity contribution >= 4 is 15.3 Å². The average Bonchev–Trinajstić information content (AvgIpc) is 2.73. The van der Waals surface area contributed by atoms with E-state index in [1.807, 2.05) is 6.92 Å². The minimum Gasteiger partial charge on any atom is -0.450 e. The number of carbonyl (C=O) groups excluding carboxylic acids is 1. The molecule has 12 heteroatoms. The molecule has 2 rings (SSSR count). The third kappa shape index (κ3) is 7.20. The number of ether oxygens (including phenoxy) is 5. The van der Waals surface area contributed by atoms with Crippen LogP contribution in [0.15, 0.2) is 5.11 Å². The number of carbonyl (C=O) groups is 1. The maximum atomic E-state index is 11.7. The van der Waals surface area contributed by atoms with E-state index in [1.165, 1.54) is 0 Å². The number of nitrogens with zero attached hydrogens (tertiary/aromatic N) is 4. The zero-order valence-corrected chi connectivity index (χ0v) is 18.7. The van der Waals surface area contributed by atoms with Crippen LogP contribution in [0.25, 0.3) is 10.4 Å². The zero-order valence-electron chi connectivity index (χ0n) is 17.6. The molecular weight excluding hydrogens is 415 g/mol. The standard InChI is InChI=1S/C18H33N4O7P/c1-3-22(17(24)25-4-2)9-7-5-6-8-10-26-16-13(20-21-19)14(23)15-12(28-16)11-27-18(30)29-15/h12-16,18,23H,3-11,30H2,1-2H3/t12?,13?,14?,15-,16?,18?/m0/s1. The average molecular weight is 448 g/mol. The first-order valence-electron chi connectivity index (χ1n) is 10.5. The lowest BCUT2D eigenvalue weighted by Gasteiger charge is -2.46. The Labute approximate surface area is 179 Å². The lowest BCUT2D eigenvalue weighted by molar-refractivity contribution is -0.322. The monoisotopic (exact) mass is 448 g/mol. The number of fused-ring (bicyclic) bond motifs is 1. The van der Waals surface area contributed by atoms with Crippen LogP contribution in [0, 0.1) is 0 Å². The maximum Gasteiger partial charge on any atom is 0.409 e. The molecule has 2 saturated heterocycles. The highest BCUT2D eigenvalue weighted by Gasteiger charge is 2.48. The number of azide groups is 1. The molecule has 2 heterocycles. The predicted molar refractivity (Wildman–Crippen MR) is 111 cm³/mol. The minimum absolute atomic E-state index is 0.257. The molecule has 2 fully saturated rings. The summed E-state index contributed by atoms with van der Waals surface area (Å²) in [6.07, 6.45) is 0.198. The van der Waals surface area contributed by atoms with Crippen molar-refractivity contribution in [3.63, 3.8) is 0 Å². The third-order valence-electron chi connectivity index (χ3n) is 5.05. The first kappa shape index (κ1) is 25.1. The number of amides is 1. The van der Waals surface area contributed by atoms with Crippen LogP contribution in [-0.4, -0.2) is 85.7 Å². The van der Waals surface area contributed by atoms with Crippen LogP contribution in [0.4, 0.5) is 4.79 Å². The number of aliphatic hydroxyl groups is 1. The largest absolute Gasteiger partial charge is 0.450 e. The van der Waals surface area contributed by atoms with Crippen LogP contribution in [-0.2, 0) is 23.7 Å². The van der Waals surface area contributed by atoms with E-state index in [-0.39, 0.29) is 12.7 Å². The number of rotatable bonds is 11. The number of hydrogen-bond donors (Lipinski definition) is 1. The predicted octanol–water partition coefficient (Wildman–Crippen LogP) is 2.38. The minimum atomic E-state index is -1.04. The Morgan fingerprint density at radius 2 is 2.07 bits per heavy atom. The molecule has 0 saturated carbocycles. The van der Waals surface area contributed by atoms with Crippen LogP contribution in [0.5, 0.6) is 0 Å². The second-order valence-corrected chi connectivity index (χ2v) is 7.64. The summed E-state index contributed by atoms with van der Waals surface area (Å²) >= 11 is 0. The number of aliphatic hydroxyl groups excluding tert-OH is 1. The van der Waals surface area contributed by atoms with E-state index in [1.54, 1.807) is 11.8 Å². The summed E-state index contributed by atoms with van der Waals surface area (Å²) in [6, 6.07) is -1.43. The van der Waals surface area contributed by atoms with Gasteiger partial charge in [0.15, 0.2) is 12.3 Å². The fourth-order valence-electron chi connectivity index (χ4n) is 3.46. The molecule has 7 atom stereocenters. The van der Waals surface area contributed by atoms with Gasteiger partial charge in [0.05, 0.1) is 19.3 Å². The van der Waals surface area contributed by atoms with E-state index in [0.29, 0.717) is 26.3 Å². The second kappa shape index (κ2) is 13.3. The van der Waals surface area contributed by atoms with Gasteiger partial charge in [-0.15, -0.1) is 0 Å². The SMILES string of the molecule is CCOC(=O)N(CC)CCCCCCOC1OC2COC(P)O[C@@H]2C(O)C1N=[N+]=[N-]. The normalized spacial score (nSPS) is 30.8. The summed E-state index contributed by atoms with van der Waals surface area (Å²) in [4.78, 5) is 16.2.